The molecule has 0 radical (unpaired) electrons. The number of hydrogen-bond acceptors (Lipinski definition) is 3. The average Bonchev–Trinajstić information content (AvgIpc) is 2.40. The molecule has 0 aliphatic rings. The minimum Gasteiger partial charge on any atom is -0.495 e. The first-order valence-electron chi connectivity index (χ1n) is 5.71. The standard InChI is InChI=1S/C14H15ClN2O/c1-18-14-5-4-11(7-13(14)15)8-17-10-12-3-2-6-16-9-12/h2-7,9,17H,8,10H2,1H3. The zero-order chi connectivity index (χ0) is 12.8. The highest BCUT2D eigenvalue weighted by atomic mass is 35.5. The third kappa shape index (κ3) is 3.45. The maximum atomic E-state index is 6.06. The van der Waals surface area contributed by atoms with E-state index in [-0.39, 0.29) is 0 Å². The van der Waals surface area contributed by atoms with Crippen LogP contribution >= 0.6 is 11.6 Å². The number of halogens is 1. The molecule has 18 heavy (non-hydrogen) atoms. The van der Waals surface area contributed by atoms with Gasteiger partial charge >= 0.3 is 0 Å². The predicted octanol–water partition coefficient (Wildman–Crippen LogP) is 3.03. The van der Waals surface area contributed by atoms with Crippen LogP contribution in [0.1, 0.15) is 11.1 Å². The second-order valence-corrected chi connectivity index (χ2v) is 4.34. The number of methoxy groups -OCH3 is 1. The molecule has 1 N–H and O–H groups in total. The fourth-order valence-corrected chi connectivity index (χ4v) is 1.95. The van der Waals surface area contributed by atoms with Crippen molar-refractivity contribution in [1.82, 2.24) is 10.3 Å². The lowest BCUT2D eigenvalue weighted by atomic mass is 10.2. The third-order valence-corrected chi connectivity index (χ3v) is 2.89. The molecule has 0 amide bonds. The molecule has 3 nitrogen and oxygen atoms in total. The molecule has 0 atom stereocenters. The van der Waals surface area contributed by atoms with Crippen LogP contribution in [0.25, 0.3) is 0 Å². The van der Waals surface area contributed by atoms with Crippen LogP contribution in [-0.2, 0) is 13.1 Å². The highest BCUT2D eigenvalue weighted by Crippen LogP contribution is 2.24. The molecule has 0 saturated carbocycles. The van der Waals surface area contributed by atoms with E-state index in [1.165, 1.54) is 0 Å². The van der Waals surface area contributed by atoms with E-state index in [4.69, 9.17) is 16.3 Å². The monoisotopic (exact) mass is 262 g/mol. The van der Waals surface area contributed by atoms with Crippen LogP contribution in [0.3, 0.4) is 0 Å². The largest absolute Gasteiger partial charge is 0.495 e. The van der Waals surface area contributed by atoms with Gasteiger partial charge in [-0.25, -0.2) is 0 Å². The first-order valence-corrected chi connectivity index (χ1v) is 6.09. The van der Waals surface area contributed by atoms with E-state index in [2.05, 4.69) is 10.3 Å². The summed E-state index contributed by atoms with van der Waals surface area (Å²) in [7, 11) is 1.61. The van der Waals surface area contributed by atoms with Crippen LogP contribution in [0, 0.1) is 0 Å². The van der Waals surface area contributed by atoms with Gasteiger partial charge in [0, 0.05) is 25.5 Å². The molecule has 0 aliphatic carbocycles. The first-order chi connectivity index (χ1) is 8.79. The lowest BCUT2D eigenvalue weighted by Crippen LogP contribution is -2.12. The van der Waals surface area contributed by atoms with E-state index in [1.54, 1.807) is 13.3 Å². The van der Waals surface area contributed by atoms with Gasteiger partial charge in [0.15, 0.2) is 0 Å². The fraction of sp³-hybridized carbons (Fsp3) is 0.214. The van der Waals surface area contributed by atoms with Gasteiger partial charge in [0.05, 0.1) is 12.1 Å². The number of aromatic nitrogens is 1. The van der Waals surface area contributed by atoms with Crippen molar-refractivity contribution < 1.29 is 4.74 Å². The Labute approximate surface area is 112 Å². The Morgan fingerprint density at radius 3 is 2.72 bits per heavy atom. The summed E-state index contributed by atoms with van der Waals surface area (Å²) < 4.78 is 5.11. The Morgan fingerprint density at radius 2 is 2.06 bits per heavy atom. The van der Waals surface area contributed by atoms with Gasteiger partial charge in [-0.05, 0) is 29.3 Å². The molecule has 0 aliphatic heterocycles. The average molecular weight is 263 g/mol. The van der Waals surface area contributed by atoms with Gasteiger partial charge in [0.1, 0.15) is 5.75 Å². The molecule has 0 bridgehead atoms. The van der Waals surface area contributed by atoms with Crippen molar-refractivity contribution in [2.75, 3.05) is 7.11 Å². The van der Waals surface area contributed by atoms with Crippen molar-refractivity contribution in [3.8, 4) is 5.75 Å². The maximum absolute atomic E-state index is 6.06. The summed E-state index contributed by atoms with van der Waals surface area (Å²) in [5.41, 5.74) is 2.29. The molecule has 94 valence electrons. The van der Waals surface area contributed by atoms with Gasteiger partial charge in [-0.2, -0.15) is 0 Å². The number of nitrogens with one attached hydrogen (secondary N) is 1. The van der Waals surface area contributed by atoms with Gasteiger partial charge in [0.2, 0.25) is 0 Å². The van der Waals surface area contributed by atoms with Crippen LogP contribution in [0.2, 0.25) is 5.02 Å². The van der Waals surface area contributed by atoms with Crippen LogP contribution in [0.15, 0.2) is 42.7 Å². The van der Waals surface area contributed by atoms with Crippen LogP contribution in [0.4, 0.5) is 0 Å². The van der Waals surface area contributed by atoms with Gasteiger partial charge in [-0.1, -0.05) is 23.7 Å². The van der Waals surface area contributed by atoms with Crippen LogP contribution < -0.4 is 10.1 Å². The van der Waals surface area contributed by atoms with Crippen molar-refractivity contribution in [3.63, 3.8) is 0 Å². The maximum Gasteiger partial charge on any atom is 0.137 e. The Morgan fingerprint density at radius 1 is 1.22 bits per heavy atom. The molecule has 0 unspecified atom stereocenters. The number of benzene rings is 1. The minimum absolute atomic E-state index is 0.637. The van der Waals surface area contributed by atoms with E-state index in [9.17, 15) is 0 Å². The molecule has 2 rings (SSSR count). The smallest absolute Gasteiger partial charge is 0.137 e. The van der Waals surface area contributed by atoms with Crippen LogP contribution in [0.5, 0.6) is 5.75 Å². The number of rotatable bonds is 5. The molecule has 4 heteroatoms. The molecular formula is C14H15ClN2O. The minimum atomic E-state index is 0.637. The van der Waals surface area contributed by atoms with Gasteiger partial charge in [0.25, 0.3) is 0 Å². The summed E-state index contributed by atoms with van der Waals surface area (Å²) >= 11 is 6.06. The quantitative estimate of drug-likeness (QED) is 0.899. The number of hydrogen-bond donors (Lipinski definition) is 1. The summed E-state index contributed by atoms with van der Waals surface area (Å²) in [6.07, 6.45) is 3.63. The molecule has 1 aromatic carbocycles. The van der Waals surface area contributed by atoms with E-state index in [0.29, 0.717) is 10.8 Å². The number of pyridine rings is 1. The number of nitrogens with zero attached hydrogens (tertiary/aromatic N) is 1. The second-order valence-electron chi connectivity index (χ2n) is 3.93. The van der Waals surface area contributed by atoms with Crippen molar-refractivity contribution in [3.05, 3.63) is 58.9 Å². The topological polar surface area (TPSA) is 34.1 Å². The zero-order valence-electron chi connectivity index (χ0n) is 10.2. The second kappa shape index (κ2) is 6.38. The predicted molar refractivity (Wildman–Crippen MR) is 72.8 cm³/mol. The summed E-state index contributed by atoms with van der Waals surface area (Å²) in [6.45, 7) is 1.55. The summed E-state index contributed by atoms with van der Waals surface area (Å²) in [5.74, 6) is 0.702. The molecule has 1 aromatic heterocycles. The SMILES string of the molecule is COc1ccc(CNCc2cccnc2)cc1Cl. The molecule has 2 aromatic rings. The third-order valence-electron chi connectivity index (χ3n) is 2.60. The summed E-state index contributed by atoms with van der Waals surface area (Å²) in [5, 5.41) is 3.98. The lowest BCUT2D eigenvalue weighted by molar-refractivity contribution is 0.415. The van der Waals surface area contributed by atoms with E-state index in [1.807, 2.05) is 36.5 Å². The normalized spacial score (nSPS) is 10.3. The fourth-order valence-electron chi connectivity index (χ4n) is 1.67. The van der Waals surface area contributed by atoms with Crippen molar-refractivity contribution in [2.24, 2.45) is 0 Å². The van der Waals surface area contributed by atoms with Crippen LogP contribution in [-0.4, -0.2) is 12.1 Å². The Bertz CT molecular complexity index is 502. The van der Waals surface area contributed by atoms with Gasteiger partial charge in [-0.15, -0.1) is 0 Å². The van der Waals surface area contributed by atoms with Crippen molar-refractivity contribution >= 4 is 11.6 Å². The molecule has 0 fully saturated rings. The van der Waals surface area contributed by atoms with Crippen molar-refractivity contribution in [2.45, 2.75) is 13.1 Å². The Kier molecular flexibility index (Phi) is 4.56. The Hall–Kier alpha value is -1.58. The van der Waals surface area contributed by atoms with E-state index in [0.717, 1.165) is 24.2 Å². The first kappa shape index (κ1) is 12.9. The van der Waals surface area contributed by atoms with Crippen molar-refractivity contribution in [1.29, 1.82) is 0 Å². The van der Waals surface area contributed by atoms with E-state index >= 15 is 0 Å². The van der Waals surface area contributed by atoms with E-state index < -0.39 is 0 Å². The molecule has 1 heterocycles. The highest BCUT2D eigenvalue weighted by Gasteiger charge is 2.01. The zero-order valence-corrected chi connectivity index (χ0v) is 10.9. The summed E-state index contributed by atoms with van der Waals surface area (Å²) in [6, 6.07) is 9.77. The summed E-state index contributed by atoms with van der Waals surface area (Å²) in [4.78, 5) is 4.07. The van der Waals surface area contributed by atoms with Gasteiger partial charge in [-0.3, -0.25) is 4.98 Å². The Balaban J connectivity index is 1.89. The van der Waals surface area contributed by atoms with Gasteiger partial charge < -0.3 is 10.1 Å². The molecule has 0 spiro atoms. The highest BCUT2D eigenvalue weighted by molar-refractivity contribution is 6.32. The number of ether oxygens (including phenoxy) is 1. The lowest BCUT2D eigenvalue weighted by Gasteiger charge is -2.07. The molecular weight excluding hydrogens is 248 g/mol. The molecule has 0 saturated heterocycles.